The van der Waals surface area contributed by atoms with E-state index in [9.17, 15) is 17.4 Å². The monoisotopic (exact) mass is 284 g/mol. The van der Waals surface area contributed by atoms with Gasteiger partial charge in [-0.15, -0.1) is 0 Å². The lowest BCUT2D eigenvalue weighted by molar-refractivity contribution is 0.0222. The van der Waals surface area contributed by atoms with E-state index in [2.05, 4.69) is 0 Å². The Morgan fingerprint density at radius 2 is 1.53 bits per heavy atom. The Morgan fingerprint density at radius 1 is 0.947 bits per heavy atom. The van der Waals surface area contributed by atoms with E-state index in [-0.39, 0.29) is 10.5 Å². The maximum Gasteiger partial charge on any atom is 0.284 e. The number of hydrogen-bond acceptors (Lipinski definition) is 1. The molecule has 0 spiro atoms. The van der Waals surface area contributed by atoms with Crippen LogP contribution in [-0.4, -0.2) is 9.96 Å². The van der Waals surface area contributed by atoms with E-state index in [1.807, 2.05) is 0 Å². The maximum absolute atomic E-state index is 13.9. The van der Waals surface area contributed by atoms with Crippen molar-refractivity contribution in [3.05, 3.63) is 66.0 Å². The second-order valence-electron chi connectivity index (χ2n) is 3.99. The van der Waals surface area contributed by atoms with Gasteiger partial charge in [0.15, 0.2) is 0 Å². The highest BCUT2D eigenvalue weighted by Gasteiger charge is 2.34. The molecule has 0 aliphatic rings. The number of benzene rings is 2. The zero-order chi connectivity index (χ0) is 13.9. The molecule has 0 saturated carbocycles. The highest BCUT2D eigenvalue weighted by atomic mass is 32.2. The highest BCUT2D eigenvalue weighted by molar-refractivity contribution is 7.85. The van der Waals surface area contributed by atoms with Gasteiger partial charge in [0.05, 0.1) is 21.4 Å². The molecule has 0 aliphatic carbocycles. The molecule has 1 nitrogen and oxygen atoms in total. The molecule has 2 aromatic carbocycles. The average molecular weight is 284 g/mol. The summed E-state index contributed by atoms with van der Waals surface area (Å²) >= 11 is 0. The molecule has 19 heavy (non-hydrogen) atoms. The largest absolute Gasteiger partial charge is 0.284 e. The quantitative estimate of drug-likeness (QED) is 0.836. The summed E-state index contributed by atoms with van der Waals surface area (Å²) in [4.78, 5) is -0.196. The summed E-state index contributed by atoms with van der Waals surface area (Å²) in [5.74, 6) is -4.92. The maximum atomic E-state index is 13.9. The predicted octanol–water partition coefficient (Wildman–Crippen LogP) is 3.73. The summed E-state index contributed by atoms with van der Waals surface area (Å²) in [7, 11) is -2.09. The third-order valence-corrected chi connectivity index (χ3v) is 4.04. The normalized spacial score (nSPS) is 13.2. The molecule has 1 unspecified atom stereocenters. The zero-order valence-electron chi connectivity index (χ0n) is 9.85. The van der Waals surface area contributed by atoms with Crippen LogP contribution in [0.4, 0.5) is 13.2 Å². The van der Waals surface area contributed by atoms with E-state index < -0.39 is 28.3 Å². The third kappa shape index (κ3) is 3.23. The summed E-state index contributed by atoms with van der Waals surface area (Å²) in [6.45, 7) is 0. The molecule has 0 aliphatic heterocycles. The molecular formula is C14H11F3OS. The van der Waals surface area contributed by atoms with Gasteiger partial charge in [0.1, 0.15) is 5.82 Å². The van der Waals surface area contributed by atoms with Crippen LogP contribution in [0.25, 0.3) is 0 Å². The standard InChI is InChI=1S/C14H11F3OS/c15-12-8-4-5-9-13(12)19(18)10-14(16,17)11-6-2-1-3-7-11/h1-9H,10H2. The van der Waals surface area contributed by atoms with Crippen molar-refractivity contribution in [2.45, 2.75) is 10.8 Å². The number of rotatable bonds is 4. The van der Waals surface area contributed by atoms with Gasteiger partial charge in [0.2, 0.25) is 0 Å². The molecule has 2 aromatic rings. The summed E-state index contributed by atoms with van der Waals surface area (Å²) in [6, 6.07) is 12.4. The van der Waals surface area contributed by atoms with Gasteiger partial charge in [-0.3, -0.25) is 4.21 Å². The lowest BCUT2D eigenvalue weighted by Gasteiger charge is -2.16. The highest BCUT2D eigenvalue weighted by Crippen LogP contribution is 2.30. The first-order chi connectivity index (χ1) is 9.00. The second kappa shape index (κ2) is 5.57. The van der Waals surface area contributed by atoms with Crippen molar-refractivity contribution in [2.75, 3.05) is 5.75 Å². The van der Waals surface area contributed by atoms with Crippen LogP contribution in [0.3, 0.4) is 0 Å². The van der Waals surface area contributed by atoms with E-state index in [1.54, 1.807) is 6.07 Å². The van der Waals surface area contributed by atoms with Gasteiger partial charge < -0.3 is 0 Å². The molecule has 0 bridgehead atoms. The van der Waals surface area contributed by atoms with Gasteiger partial charge in [-0.2, -0.15) is 0 Å². The fourth-order valence-corrected chi connectivity index (χ4v) is 2.80. The Kier molecular flexibility index (Phi) is 4.04. The van der Waals surface area contributed by atoms with Crippen LogP contribution in [0.2, 0.25) is 0 Å². The Labute approximate surface area is 111 Å². The summed E-state index contributed by atoms with van der Waals surface area (Å²) < 4.78 is 53.0. The SMILES string of the molecule is O=S(CC(F)(F)c1ccccc1)c1ccccc1F. The molecule has 0 heterocycles. The van der Waals surface area contributed by atoms with Gasteiger partial charge in [-0.25, -0.2) is 13.2 Å². The number of hydrogen-bond donors (Lipinski definition) is 0. The van der Waals surface area contributed by atoms with Crippen LogP contribution >= 0.6 is 0 Å². The van der Waals surface area contributed by atoms with Crippen LogP contribution in [-0.2, 0) is 16.7 Å². The molecule has 0 saturated heterocycles. The Balaban J connectivity index is 2.22. The molecule has 2 rings (SSSR count). The third-order valence-electron chi connectivity index (χ3n) is 2.59. The lowest BCUT2D eigenvalue weighted by atomic mass is 10.1. The zero-order valence-corrected chi connectivity index (χ0v) is 10.7. The molecule has 0 fully saturated rings. The van der Waals surface area contributed by atoms with Crippen molar-refractivity contribution in [3.8, 4) is 0 Å². The Hall–Kier alpha value is -1.62. The average Bonchev–Trinajstić information content (AvgIpc) is 2.39. The van der Waals surface area contributed by atoms with Crippen LogP contribution < -0.4 is 0 Å². The molecule has 1 atom stereocenters. The van der Waals surface area contributed by atoms with Crippen molar-refractivity contribution in [1.82, 2.24) is 0 Å². The molecule has 0 amide bonds. The number of halogens is 3. The first kappa shape index (κ1) is 13.8. The molecule has 5 heteroatoms. The van der Waals surface area contributed by atoms with Crippen LogP contribution in [0.1, 0.15) is 5.56 Å². The first-order valence-electron chi connectivity index (χ1n) is 5.57. The molecule has 0 aromatic heterocycles. The van der Waals surface area contributed by atoms with E-state index in [0.29, 0.717) is 0 Å². The fourth-order valence-electron chi connectivity index (χ4n) is 1.64. The van der Waals surface area contributed by atoms with Crippen molar-refractivity contribution in [2.24, 2.45) is 0 Å². The molecule has 0 radical (unpaired) electrons. The van der Waals surface area contributed by atoms with Crippen molar-refractivity contribution in [1.29, 1.82) is 0 Å². The minimum Gasteiger partial charge on any atom is -0.254 e. The topological polar surface area (TPSA) is 17.1 Å². The van der Waals surface area contributed by atoms with Crippen molar-refractivity contribution < 1.29 is 17.4 Å². The van der Waals surface area contributed by atoms with Crippen molar-refractivity contribution >= 4 is 10.8 Å². The van der Waals surface area contributed by atoms with Gasteiger partial charge in [-0.05, 0) is 12.1 Å². The number of alkyl halides is 2. The lowest BCUT2D eigenvalue weighted by Crippen LogP contribution is -2.22. The second-order valence-corrected chi connectivity index (χ2v) is 5.41. The van der Waals surface area contributed by atoms with Crippen molar-refractivity contribution in [3.63, 3.8) is 0 Å². The summed E-state index contributed by atoms with van der Waals surface area (Å²) in [5, 5.41) is 0. The summed E-state index contributed by atoms with van der Waals surface area (Å²) in [6.07, 6.45) is 0. The minimum atomic E-state index is -3.26. The Morgan fingerprint density at radius 3 is 2.16 bits per heavy atom. The van der Waals surface area contributed by atoms with Gasteiger partial charge in [0.25, 0.3) is 5.92 Å². The molecular weight excluding hydrogens is 273 g/mol. The molecule has 0 N–H and O–H groups in total. The Bertz CT molecular complexity index is 584. The van der Waals surface area contributed by atoms with E-state index in [4.69, 9.17) is 0 Å². The smallest absolute Gasteiger partial charge is 0.254 e. The van der Waals surface area contributed by atoms with Crippen LogP contribution in [0, 0.1) is 5.82 Å². The fraction of sp³-hybridized carbons (Fsp3) is 0.143. The molecule has 100 valence electrons. The minimum absolute atomic E-state index is 0.196. The first-order valence-corrected chi connectivity index (χ1v) is 6.89. The predicted molar refractivity (Wildman–Crippen MR) is 68.0 cm³/mol. The van der Waals surface area contributed by atoms with Crippen LogP contribution in [0.15, 0.2) is 59.5 Å². The van der Waals surface area contributed by atoms with Gasteiger partial charge in [-0.1, -0.05) is 42.5 Å². The van der Waals surface area contributed by atoms with E-state index in [1.165, 1.54) is 42.5 Å². The van der Waals surface area contributed by atoms with Gasteiger partial charge >= 0.3 is 0 Å². The van der Waals surface area contributed by atoms with Gasteiger partial charge in [0, 0.05) is 5.56 Å². The van der Waals surface area contributed by atoms with E-state index >= 15 is 0 Å². The summed E-state index contributed by atoms with van der Waals surface area (Å²) in [5.41, 5.74) is -0.223. The van der Waals surface area contributed by atoms with E-state index in [0.717, 1.165) is 6.07 Å². The van der Waals surface area contributed by atoms with Crippen LogP contribution in [0.5, 0.6) is 0 Å².